The lowest BCUT2D eigenvalue weighted by molar-refractivity contribution is 0.00843. The molecule has 2 unspecified atom stereocenters. The summed E-state index contributed by atoms with van der Waals surface area (Å²) in [6.07, 6.45) is 2.21. The normalized spacial score (nSPS) is 20.0. The number of benzene rings is 2. The number of ether oxygens (including phenoxy) is 2. The highest BCUT2D eigenvalue weighted by atomic mass is 79.9. The van der Waals surface area contributed by atoms with Crippen molar-refractivity contribution in [2.24, 2.45) is 0 Å². The summed E-state index contributed by atoms with van der Waals surface area (Å²) in [6, 6.07) is 12.3. The first-order chi connectivity index (χ1) is 21.5. The molecule has 0 bridgehead atoms. The van der Waals surface area contributed by atoms with E-state index in [-0.39, 0.29) is 24.7 Å². The molecule has 3 heterocycles. The minimum absolute atomic E-state index is 0.131. The van der Waals surface area contributed by atoms with Gasteiger partial charge in [0.15, 0.2) is 17.5 Å². The van der Waals surface area contributed by atoms with E-state index in [0.29, 0.717) is 79.4 Å². The van der Waals surface area contributed by atoms with Crippen LogP contribution in [0.25, 0.3) is 5.69 Å². The van der Waals surface area contributed by atoms with Gasteiger partial charge in [-0.15, -0.1) is 0 Å². The fraction of sp³-hybridized carbons (Fsp3) is 0.467. The molecule has 2 N–H and O–H groups in total. The number of hydrogen-bond acceptors (Lipinski definition) is 7. The van der Waals surface area contributed by atoms with E-state index in [9.17, 15) is 22.0 Å². The Morgan fingerprint density at radius 1 is 1.09 bits per heavy atom. The number of piperidine rings is 1. The van der Waals surface area contributed by atoms with Gasteiger partial charge in [-0.2, -0.15) is 5.10 Å². The summed E-state index contributed by atoms with van der Waals surface area (Å²) < 4.78 is 66.5. The van der Waals surface area contributed by atoms with Gasteiger partial charge in [0.05, 0.1) is 41.8 Å². The van der Waals surface area contributed by atoms with Crippen LogP contribution in [0.15, 0.2) is 53.0 Å². The number of halogens is 3. The lowest BCUT2D eigenvalue weighted by Gasteiger charge is -2.29. The van der Waals surface area contributed by atoms with Crippen LogP contribution < -0.4 is 10.6 Å². The molecule has 3 aromatic rings. The smallest absolute Gasteiger partial charge is 0.320 e. The Balaban J connectivity index is 1.32. The van der Waals surface area contributed by atoms with E-state index < -0.39 is 27.7 Å². The summed E-state index contributed by atoms with van der Waals surface area (Å²) in [5, 5.41) is 10.7. The fourth-order valence-electron chi connectivity index (χ4n) is 5.75. The molecule has 2 aliphatic heterocycles. The molecule has 45 heavy (non-hydrogen) atoms. The van der Waals surface area contributed by atoms with Gasteiger partial charge >= 0.3 is 6.03 Å². The summed E-state index contributed by atoms with van der Waals surface area (Å²) in [4.78, 5) is 15.6. The van der Waals surface area contributed by atoms with Crippen molar-refractivity contribution in [3.05, 3.63) is 75.9 Å². The maximum Gasteiger partial charge on any atom is 0.320 e. The number of rotatable bonds is 11. The second-order valence-corrected chi connectivity index (χ2v) is 14.0. The zero-order valence-electron chi connectivity index (χ0n) is 25.1. The van der Waals surface area contributed by atoms with Crippen molar-refractivity contribution in [3.63, 3.8) is 0 Å². The standard InChI is InChI=1S/C30H37BrF2N6O5S/c1-43-15-14-37-17-23(20-8-9-24(32)25(33)16-20)26(18-37)34-30(40)35-29-28(31)27(36-39(29)21-6-4-3-5-7-21)19-44-22-10-12-38(13-11-22)45(2,41)42/h3-9,16,22-23,26H,10-15,17-19H2,1-2H3,(H2,34,35,40). The third-order valence-electron chi connectivity index (χ3n) is 8.15. The Kier molecular flexibility index (Phi) is 10.9. The number of likely N-dealkylation sites (tertiary alicyclic amines) is 1. The number of methoxy groups -OCH3 is 1. The maximum atomic E-state index is 14.1. The van der Waals surface area contributed by atoms with Gasteiger partial charge in [-0.1, -0.05) is 24.3 Å². The van der Waals surface area contributed by atoms with Crippen molar-refractivity contribution in [3.8, 4) is 5.69 Å². The van der Waals surface area contributed by atoms with Gasteiger partial charge in [-0.05, 0) is 58.6 Å². The molecule has 2 aromatic carbocycles. The number of carbonyl (C=O) groups excluding carboxylic acids is 1. The van der Waals surface area contributed by atoms with Gasteiger partial charge in [0, 0.05) is 45.8 Å². The number of anilines is 1. The third-order valence-corrected chi connectivity index (χ3v) is 10.3. The Morgan fingerprint density at radius 3 is 2.49 bits per heavy atom. The zero-order valence-corrected chi connectivity index (χ0v) is 27.5. The highest BCUT2D eigenvalue weighted by molar-refractivity contribution is 9.10. The largest absolute Gasteiger partial charge is 0.383 e. The molecule has 5 rings (SSSR count). The number of aromatic nitrogens is 2. The maximum absolute atomic E-state index is 14.1. The SMILES string of the molecule is COCCN1CC(NC(=O)Nc2c(Br)c(COC3CCN(S(C)(=O)=O)CC3)nn2-c2ccccc2)C(c2ccc(F)c(F)c2)C1. The highest BCUT2D eigenvalue weighted by Crippen LogP contribution is 2.32. The Morgan fingerprint density at radius 2 is 1.82 bits per heavy atom. The lowest BCUT2D eigenvalue weighted by Crippen LogP contribution is -2.42. The molecule has 2 amide bonds. The van der Waals surface area contributed by atoms with E-state index in [2.05, 4.69) is 31.5 Å². The van der Waals surface area contributed by atoms with Gasteiger partial charge in [-0.3, -0.25) is 10.2 Å². The summed E-state index contributed by atoms with van der Waals surface area (Å²) in [5.74, 6) is -1.74. The van der Waals surface area contributed by atoms with Gasteiger partial charge in [0.1, 0.15) is 5.69 Å². The molecule has 2 fully saturated rings. The van der Waals surface area contributed by atoms with Crippen LogP contribution >= 0.6 is 15.9 Å². The van der Waals surface area contributed by atoms with Crippen molar-refractivity contribution in [1.82, 2.24) is 24.3 Å². The Hall–Kier alpha value is -2.95. The number of hydrogen-bond donors (Lipinski definition) is 2. The van der Waals surface area contributed by atoms with E-state index >= 15 is 0 Å². The number of amides is 2. The monoisotopic (exact) mass is 710 g/mol. The van der Waals surface area contributed by atoms with E-state index in [1.165, 1.54) is 16.6 Å². The molecular weight excluding hydrogens is 674 g/mol. The molecule has 0 spiro atoms. The van der Waals surface area contributed by atoms with Crippen molar-refractivity contribution >= 4 is 37.8 Å². The van der Waals surface area contributed by atoms with Gasteiger partial charge in [0.2, 0.25) is 10.0 Å². The Bertz CT molecular complexity index is 1590. The first-order valence-corrected chi connectivity index (χ1v) is 17.3. The van der Waals surface area contributed by atoms with E-state index in [4.69, 9.17) is 14.6 Å². The number of para-hydroxylation sites is 1. The fourth-order valence-corrected chi connectivity index (χ4v) is 7.09. The van der Waals surface area contributed by atoms with Crippen molar-refractivity contribution in [2.45, 2.75) is 37.5 Å². The molecule has 2 aliphatic rings. The van der Waals surface area contributed by atoms with Gasteiger partial charge in [0.25, 0.3) is 0 Å². The lowest BCUT2D eigenvalue weighted by atomic mass is 9.94. The summed E-state index contributed by atoms with van der Waals surface area (Å²) >= 11 is 3.61. The molecule has 2 saturated heterocycles. The Labute approximate surface area is 270 Å². The topological polar surface area (TPSA) is 118 Å². The quantitative estimate of drug-likeness (QED) is 0.308. The van der Waals surface area contributed by atoms with Crippen LogP contribution in [0, 0.1) is 11.6 Å². The number of sulfonamides is 1. The second-order valence-electron chi connectivity index (χ2n) is 11.3. The summed E-state index contributed by atoms with van der Waals surface area (Å²) in [5.41, 5.74) is 1.87. The van der Waals surface area contributed by atoms with Gasteiger partial charge < -0.3 is 14.8 Å². The molecule has 15 heteroatoms. The average Bonchev–Trinajstić information content (AvgIpc) is 3.56. The highest BCUT2D eigenvalue weighted by Gasteiger charge is 2.35. The first kappa shape index (κ1) is 33.4. The van der Waals surface area contributed by atoms with Crippen LogP contribution in [-0.2, 0) is 26.1 Å². The van der Waals surface area contributed by atoms with Crippen LogP contribution in [0.4, 0.5) is 19.4 Å². The van der Waals surface area contributed by atoms with Crippen molar-refractivity contribution in [2.75, 3.05) is 58.0 Å². The molecule has 244 valence electrons. The predicted molar refractivity (Wildman–Crippen MR) is 169 cm³/mol. The van der Waals surface area contributed by atoms with Crippen LogP contribution in [0.1, 0.15) is 30.0 Å². The van der Waals surface area contributed by atoms with E-state index in [1.54, 1.807) is 17.9 Å². The van der Waals surface area contributed by atoms with E-state index in [1.807, 2.05) is 30.3 Å². The molecule has 0 radical (unpaired) electrons. The third kappa shape index (κ3) is 8.26. The first-order valence-electron chi connectivity index (χ1n) is 14.7. The van der Waals surface area contributed by atoms with Crippen LogP contribution in [0.3, 0.4) is 0 Å². The van der Waals surface area contributed by atoms with E-state index in [0.717, 1.165) is 6.07 Å². The van der Waals surface area contributed by atoms with Crippen LogP contribution in [-0.4, -0.2) is 98.3 Å². The average molecular weight is 712 g/mol. The molecule has 1 aromatic heterocycles. The number of nitrogens with zero attached hydrogens (tertiary/aromatic N) is 4. The second kappa shape index (κ2) is 14.6. The predicted octanol–water partition coefficient (Wildman–Crippen LogP) is 4.09. The number of nitrogens with one attached hydrogen (secondary N) is 2. The zero-order chi connectivity index (χ0) is 32.1. The molecule has 0 saturated carbocycles. The van der Waals surface area contributed by atoms with Crippen LogP contribution in [0.5, 0.6) is 0 Å². The van der Waals surface area contributed by atoms with Crippen molar-refractivity contribution in [1.29, 1.82) is 0 Å². The molecule has 0 aliphatic carbocycles. The van der Waals surface area contributed by atoms with Gasteiger partial charge in [-0.25, -0.2) is 31.0 Å². The molecule has 2 atom stereocenters. The summed E-state index contributed by atoms with van der Waals surface area (Å²) in [6.45, 7) is 3.09. The van der Waals surface area contributed by atoms with Crippen LogP contribution in [0.2, 0.25) is 0 Å². The minimum Gasteiger partial charge on any atom is -0.383 e. The minimum atomic E-state index is -3.24. The van der Waals surface area contributed by atoms with Crippen molar-refractivity contribution < 1.29 is 31.5 Å². The number of carbonyl (C=O) groups is 1. The molecule has 11 nitrogen and oxygen atoms in total. The molecular formula is C30H37BrF2N6O5S. The summed E-state index contributed by atoms with van der Waals surface area (Å²) in [7, 11) is -1.63. The number of urea groups is 1.